The van der Waals surface area contributed by atoms with E-state index in [9.17, 15) is 4.79 Å². The molecular weight excluding hydrogens is 410 g/mol. The van der Waals surface area contributed by atoms with Crippen molar-refractivity contribution in [2.75, 3.05) is 11.1 Å². The van der Waals surface area contributed by atoms with Gasteiger partial charge in [-0.05, 0) is 60.7 Å². The summed E-state index contributed by atoms with van der Waals surface area (Å²) in [4.78, 5) is 13.1. The van der Waals surface area contributed by atoms with Crippen LogP contribution < -0.4 is 5.32 Å². The molecule has 1 N–H and O–H groups in total. The third-order valence-corrected chi connectivity index (χ3v) is 4.91. The van der Waals surface area contributed by atoms with Gasteiger partial charge in [0.1, 0.15) is 0 Å². The number of anilines is 1. The van der Waals surface area contributed by atoms with Crippen LogP contribution in [0.25, 0.3) is 0 Å². The first kappa shape index (κ1) is 18.4. The van der Waals surface area contributed by atoms with E-state index in [-0.39, 0.29) is 5.91 Å². The minimum absolute atomic E-state index is 0.0448. The van der Waals surface area contributed by atoms with E-state index in [1.807, 2.05) is 78.9 Å². The summed E-state index contributed by atoms with van der Waals surface area (Å²) in [5.74, 6) is 0.313. The summed E-state index contributed by atoms with van der Waals surface area (Å²) < 4.78 is 1.02. The van der Waals surface area contributed by atoms with Crippen molar-refractivity contribution in [1.29, 1.82) is 0 Å². The quantitative estimate of drug-likeness (QED) is 0.357. The summed E-state index contributed by atoms with van der Waals surface area (Å²) in [6.45, 7) is 0. The normalized spacial score (nSPS) is 10.8. The average molecular weight is 426 g/mol. The SMILES string of the molecule is O=C(CSc1ccc(Br)cc1)Nc1ccc(N=Nc2ccccc2)cc1. The summed E-state index contributed by atoms with van der Waals surface area (Å²) in [6, 6.07) is 24.7. The lowest BCUT2D eigenvalue weighted by Crippen LogP contribution is -2.13. The number of carbonyl (C=O) groups excluding carboxylic acids is 1. The monoisotopic (exact) mass is 425 g/mol. The van der Waals surface area contributed by atoms with Crippen molar-refractivity contribution in [2.24, 2.45) is 10.2 Å². The Hall–Kier alpha value is -2.44. The van der Waals surface area contributed by atoms with Gasteiger partial charge in [-0.1, -0.05) is 34.1 Å². The van der Waals surface area contributed by atoms with Gasteiger partial charge in [0.05, 0.1) is 17.1 Å². The Morgan fingerprint density at radius 2 is 1.46 bits per heavy atom. The predicted molar refractivity (Wildman–Crippen MR) is 111 cm³/mol. The van der Waals surface area contributed by atoms with Crippen LogP contribution in [-0.4, -0.2) is 11.7 Å². The van der Waals surface area contributed by atoms with E-state index in [4.69, 9.17) is 0 Å². The zero-order chi connectivity index (χ0) is 18.2. The molecule has 26 heavy (non-hydrogen) atoms. The van der Waals surface area contributed by atoms with Gasteiger partial charge in [0.25, 0.3) is 0 Å². The molecule has 0 saturated carbocycles. The minimum atomic E-state index is -0.0448. The minimum Gasteiger partial charge on any atom is -0.325 e. The van der Waals surface area contributed by atoms with Crippen molar-refractivity contribution in [3.63, 3.8) is 0 Å². The molecule has 130 valence electrons. The average Bonchev–Trinajstić information content (AvgIpc) is 2.68. The molecule has 0 aromatic heterocycles. The molecule has 3 aromatic rings. The number of amides is 1. The predicted octanol–water partition coefficient (Wildman–Crippen LogP) is 6.60. The molecule has 0 saturated heterocycles. The zero-order valence-corrected chi connectivity index (χ0v) is 16.2. The number of nitrogens with zero attached hydrogens (tertiary/aromatic N) is 2. The van der Waals surface area contributed by atoms with Gasteiger partial charge < -0.3 is 5.32 Å². The Balaban J connectivity index is 1.51. The topological polar surface area (TPSA) is 53.8 Å². The van der Waals surface area contributed by atoms with Crippen molar-refractivity contribution in [3.05, 3.63) is 83.3 Å². The van der Waals surface area contributed by atoms with E-state index in [1.165, 1.54) is 11.8 Å². The molecule has 0 atom stereocenters. The molecule has 0 unspecified atom stereocenters. The molecule has 0 aliphatic heterocycles. The van der Waals surface area contributed by atoms with E-state index in [1.54, 1.807) is 0 Å². The second-order valence-corrected chi connectivity index (χ2v) is 7.34. The van der Waals surface area contributed by atoms with Crippen LogP contribution in [-0.2, 0) is 4.79 Å². The molecule has 6 heteroatoms. The highest BCUT2D eigenvalue weighted by atomic mass is 79.9. The lowest BCUT2D eigenvalue weighted by atomic mass is 10.3. The Labute approximate surface area is 164 Å². The standard InChI is InChI=1S/C20H16BrN3OS/c21-15-6-12-19(13-7-15)26-14-20(25)22-16-8-10-18(11-9-16)24-23-17-4-2-1-3-5-17/h1-13H,14H2,(H,22,25). The Morgan fingerprint density at radius 3 is 2.12 bits per heavy atom. The molecule has 0 spiro atoms. The molecular formula is C20H16BrN3OS. The van der Waals surface area contributed by atoms with Gasteiger partial charge in [-0.25, -0.2) is 0 Å². The van der Waals surface area contributed by atoms with Gasteiger partial charge in [-0.15, -0.1) is 11.8 Å². The van der Waals surface area contributed by atoms with Crippen LogP contribution in [0.3, 0.4) is 0 Å². The number of hydrogen-bond donors (Lipinski definition) is 1. The molecule has 0 heterocycles. The maximum atomic E-state index is 12.1. The van der Waals surface area contributed by atoms with Crippen LogP contribution in [0.2, 0.25) is 0 Å². The number of rotatable bonds is 6. The third-order valence-electron chi connectivity index (χ3n) is 3.37. The van der Waals surface area contributed by atoms with E-state index in [0.717, 1.165) is 26.4 Å². The van der Waals surface area contributed by atoms with Gasteiger partial charge in [0.2, 0.25) is 5.91 Å². The molecule has 0 aliphatic carbocycles. The van der Waals surface area contributed by atoms with Gasteiger partial charge in [0.15, 0.2) is 0 Å². The number of thioether (sulfide) groups is 1. The molecule has 0 bridgehead atoms. The molecule has 4 nitrogen and oxygen atoms in total. The fraction of sp³-hybridized carbons (Fsp3) is 0.0500. The summed E-state index contributed by atoms with van der Waals surface area (Å²) >= 11 is 4.90. The highest BCUT2D eigenvalue weighted by Crippen LogP contribution is 2.22. The Bertz CT molecular complexity index is 881. The molecule has 0 radical (unpaired) electrons. The van der Waals surface area contributed by atoms with Gasteiger partial charge in [-0.2, -0.15) is 10.2 Å². The smallest absolute Gasteiger partial charge is 0.234 e. The second kappa shape index (κ2) is 9.31. The molecule has 0 fully saturated rings. The van der Waals surface area contributed by atoms with Crippen LogP contribution in [0.4, 0.5) is 17.1 Å². The Morgan fingerprint density at radius 1 is 0.846 bits per heavy atom. The molecule has 1 amide bonds. The van der Waals surface area contributed by atoms with Crippen molar-refractivity contribution < 1.29 is 4.79 Å². The van der Waals surface area contributed by atoms with Crippen LogP contribution in [0.15, 0.2) is 98.5 Å². The van der Waals surface area contributed by atoms with Gasteiger partial charge >= 0.3 is 0 Å². The summed E-state index contributed by atoms with van der Waals surface area (Å²) in [6.07, 6.45) is 0. The van der Waals surface area contributed by atoms with Crippen LogP contribution in [0.5, 0.6) is 0 Å². The summed E-state index contributed by atoms with van der Waals surface area (Å²) in [5.41, 5.74) is 2.27. The zero-order valence-electron chi connectivity index (χ0n) is 13.8. The first-order valence-electron chi connectivity index (χ1n) is 7.94. The number of hydrogen-bond acceptors (Lipinski definition) is 4. The number of azo groups is 1. The van der Waals surface area contributed by atoms with Crippen molar-refractivity contribution in [3.8, 4) is 0 Å². The van der Waals surface area contributed by atoms with Crippen LogP contribution in [0.1, 0.15) is 0 Å². The number of halogens is 1. The van der Waals surface area contributed by atoms with Gasteiger partial charge in [-0.3, -0.25) is 4.79 Å². The van der Waals surface area contributed by atoms with Crippen molar-refractivity contribution in [2.45, 2.75) is 4.90 Å². The van der Waals surface area contributed by atoms with Crippen LogP contribution >= 0.6 is 27.7 Å². The number of nitrogens with one attached hydrogen (secondary N) is 1. The van der Waals surface area contributed by atoms with E-state index in [0.29, 0.717) is 5.75 Å². The molecule has 3 aromatic carbocycles. The van der Waals surface area contributed by atoms with Crippen LogP contribution in [0, 0.1) is 0 Å². The Kier molecular flexibility index (Phi) is 6.57. The lowest BCUT2D eigenvalue weighted by molar-refractivity contribution is -0.113. The third kappa shape index (κ3) is 5.82. The molecule has 0 aliphatic rings. The van der Waals surface area contributed by atoms with E-state index >= 15 is 0 Å². The number of benzene rings is 3. The fourth-order valence-corrected chi connectivity index (χ4v) is 3.06. The summed E-state index contributed by atoms with van der Waals surface area (Å²) in [5, 5.41) is 11.2. The fourth-order valence-electron chi connectivity index (χ4n) is 2.10. The highest BCUT2D eigenvalue weighted by Gasteiger charge is 2.04. The van der Waals surface area contributed by atoms with Gasteiger partial charge in [0, 0.05) is 15.1 Å². The van der Waals surface area contributed by atoms with Crippen molar-refractivity contribution >= 4 is 50.7 Å². The molecule has 3 rings (SSSR count). The van der Waals surface area contributed by atoms with E-state index < -0.39 is 0 Å². The highest BCUT2D eigenvalue weighted by molar-refractivity contribution is 9.10. The van der Waals surface area contributed by atoms with E-state index in [2.05, 4.69) is 31.5 Å². The maximum Gasteiger partial charge on any atom is 0.234 e. The summed E-state index contributed by atoms with van der Waals surface area (Å²) in [7, 11) is 0. The maximum absolute atomic E-state index is 12.1. The number of carbonyl (C=O) groups is 1. The second-order valence-electron chi connectivity index (χ2n) is 5.37. The largest absolute Gasteiger partial charge is 0.325 e. The lowest BCUT2D eigenvalue weighted by Gasteiger charge is -2.05. The first-order valence-corrected chi connectivity index (χ1v) is 9.72. The van der Waals surface area contributed by atoms with Crippen molar-refractivity contribution in [1.82, 2.24) is 0 Å². The first-order chi connectivity index (χ1) is 12.7.